The molecule has 0 saturated heterocycles. The molecular weight excluding hydrogens is 503 g/mol. The van der Waals surface area contributed by atoms with E-state index in [9.17, 15) is 27.9 Å². The van der Waals surface area contributed by atoms with Gasteiger partial charge in [-0.25, -0.2) is 4.79 Å². The fourth-order valence-corrected chi connectivity index (χ4v) is 4.99. The van der Waals surface area contributed by atoms with Crippen molar-refractivity contribution in [3.05, 3.63) is 35.9 Å². The van der Waals surface area contributed by atoms with Gasteiger partial charge in [-0.3, -0.25) is 4.79 Å². The highest BCUT2D eigenvalue weighted by molar-refractivity contribution is 6.74. The van der Waals surface area contributed by atoms with Crippen LogP contribution in [0.2, 0.25) is 18.1 Å². The number of carboxylic acids is 1. The van der Waals surface area contributed by atoms with Gasteiger partial charge in [0.1, 0.15) is 5.60 Å². The molecule has 0 unspecified atom stereocenters. The average molecular weight is 548 g/mol. The van der Waals surface area contributed by atoms with Crippen LogP contribution >= 0.6 is 0 Å². The molecule has 1 rings (SSSR count). The van der Waals surface area contributed by atoms with E-state index in [2.05, 4.69) is 5.32 Å². The summed E-state index contributed by atoms with van der Waals surface area (Å²) in [5.41, 5.74) is 0.148. The summed E-state index contributed by atoms with van der Waals surface area (Å²) in [6.45, 7) is 15.4. The van der Waals surface area contributed by atoms with Crippen LogP contribution in [-0.2, 0) is 20.4 Å². The first-order valence-corrected chi connectivity index (χ1v) is 15.6. The molecule has 0 radical (unpaired) electrons. The smallest absolute Gasteiger partial charge is 0.407 e. The van der Waals surface area contributed by atoms with E-state index in [0.29, 0.717) is 6.42 Å². The largest absolute Gasteiger partial charge is 0.481 e. The number of benzene rings is 1. The van der Waals surface area contributed by atoms with Crippen molar-refractivity contribution >= 4 is 20.4 Å². The van der Waals surface area contributed by atoms with Gasteiger partial charge in [-0.1, -0.05) is 51.1 Å². The van der Waals surface area contributed by atoms with E-state index in [1.807, 2.05) is 64.2 Å². The molecule has 0 aliphatic rings. The quantitative estimate of drug-likeness (QED) is 0.268. The maximum Gasteiger partial charge on any atom is 0.407 e. The molecule has 37 heavy (non-hydrogen) atoms. The summed E-state index contributed by atoms with van der Waals surface area (Å²) in [7, 11) is -2.47. The summed E-state index contributed by atoms with van der Waals surface area (Å²) in [6, 6.07) is 8.72. The Bertz CT molecular complexity index is 864. The lowest BCUT2D eigenvalue weighted by atomic mass is 9.90. The van der Waals surface area contributed by atoms with Crippen LogP contribution in [0.15, 0.2) is 30.3 Å². The van der Waals surface area contributed by atoms with Gasteiger partial charge in [0.15, 0.2) is 8.32 Å². The van der Waals surface area contributed by atoms with Crippen LogP contribution < -0.4 is 5.32 Å². The van der Waals surface area contributed by atoms with Crippen molar-refractivity contribution in [2.24, 2.45) is 5.92 Å². The SMILES string of the molecule is CC(C)(C)OC(=O)N[C@@H](Cc1ccccc1)[C@H](C[C@@H](CCCC(F)(F)F)C(=O)O)O[Si](C)(C)C(C)(C)C. The van der Waals surface area contributed by atoms with Crippen molar-refractivity contribution in [3.8, 4) is 0 Å². The lowest BCUT2D eigenvalue weighted by Crippen LogP contribution is -2.54. The molecule has 0 heterocycles. The van der Waals surface area contributed by atoms with Gasteiger partial charge >= 0.3 is 18.2 Å². The van der Waals surface area contributed by atoms with Crippen molar-refractivity contribution in [2.75, 3.05) is 0 Å². The lowest BCUT2D eigenvalue weighted by Gasteiger charge is -2.42. The van der Waals surface area contributed by atoms with Gasteiger partial charge in [0.25, 0.3) is 0 Å². The number of rotatable bonds is 12. The summed E-state index contributed by atoms with van der Waals surface area (Å²) in [6.07, 6.45) is -6.95. The molecule has 1 aromatic rings. The molecule has 1 aromatic carbocycles. The molecule has 0 bridgehead atoms. The number of carboxylic acid groups (broad SMARTS) is 1. The van der Waals surface area contributed by atoms with Crippen molar-refractivity contribution < 1.29 is 37.0 Å². The number of halogens is 3. The molecule has 0 saturated carbocycles. The van der Waals surface area contributed by atoms with Gasteiger partial charge < -0.3 is 19.6 Å². The number of carbonyl (C=O) groups is 2. The average Bonchev–Trinajstić information content (AvgIpc) is 2.69. The summed E-state index contributed by atoms with van der Waals surface area (Å²) in [5.74, 6) is -2.24. The molecule has 2 N–H and O–H groups in total. The molecular formula is C27H44F3NO5Si. The van der Waals surface area contributed by atoms with E-state index >= 15 is 0 Å². The lowest BCUT2D eigenvalue weighted by molar-refractivity contribution is -0.146. The molecule has 1 amide bonds. The number of nitrogens with one attached hydrogen (secondary N) is 1. The highest BCUT2D eigenvalue weighted by atomic mass is 28.4. The van der Waals surface area contributed by atoms with E-state index in [1.165, 1.54) is 0 Å². The minimum atomic E-state index is -4.35. The van der Waals surface area contributed by atoms with Gasteiger partial charge in [0.2, 0.25) is 0 Å². The Morgan fingerprint density at radius 3 is 2.05 bits per heavy atom. The van der Waals surface area contributed by atoms with Crippen LogP contribution in [0.5, 0.6) is 0 Å². The predicted molar refractivity (Wildman–Crippen MR) is 141 cm³/mol. The Balaban J connectivity index is 3.38. The molecule has 0 spiro atoms. The summed E-state index contributed by atoms with van der Waals surface area (Å²) < 4.78 is 50.4. The summed E-state index contributed by atoms with van der Waals surface area (Å²) in [4.78, 5) is 24.9. The first-order valence-electron chi connectivity index (χ1n) is 12.7. The van der Waals surface area contributed by atoms with E-state index in [4.69, 9.17) is 9.16 Å². The minimum Gasteiger partial charge on any atom is -0.481 e. The molecule has 3 atom stereocenters. The first-order chi connectivity index (χ1) is 16.7. The third-order valence-electron chi connectivity index (χ3n) is 6.58. The van der Waals surface area contributed by atoms with Crippen molar-refractivity contribution in [1.82, 2.24) is 5.32 Å². The predicted octanol–water partition coefficient (Wildman–Crippen LogP) is 7.34. The van der Waals surface area contributed by atoms with E-state index < -0.39 is 56.6 Å². The highest BCUT2D eigenvalue weighted by Gasteiger charge is 2.42. The zero-order valence-corrected chi connectivity index (χ0v) is 24.4. The number of hydrogen-bond donors (Lipinski definition) is 2. The molecule has 0 aromatic heterocycles. The second kappa shape index (κ2) is 13.1. The van der Waals surface area contributed by atoms with Gasteiger partial charge in [-0.15, -0.1) is 0 Å². The number of aliphatic carboxylic acids is 1. The van der Waals surface area contributed by atoms with Gasteiger partial charge in [-0.2, -0.15) is 13.2 Å². The van der Waals surface area contributed by atoms with Crippen LogP contribution in [0.4, 0.5) is 18.0 Å². The normalized spacial score (nSPS) is 15.5. The zero-order valence-electron chi connectivity index (χ0n) is 23.4. The summed E-state index contributed by atoms with van der Waals surface area (Å²) in [5, 5.41) is 12.5. The number of alkyl halides is 3. The maximum absolute atomic E-state index is 12.8. The maximum atomic E-state index is 12.8. The van der Waals surface area contributed by atoms with Crippen LogP contribution in [0, 0.1) is 5.92 Å². The topological polar surface area (TPSA) is 84.9 Å². The van der Waals surface area contributed by atoms with E-state index in [-0.39, 0.29) is 24.3 Å². The highest BCUT2D eigenvalue weighted by Crippen LogP contribution is 2.39. The Kier molecular flexibility index (Phi) is 11.7. The third kappa shape index (κ3) is 12.8. The molecule has 10 heteroatoms. The second-order valence-corrected chi connectivity index (χ2v) is 16.9. The fraction of sp³-hybridized carbons (Fsp3) is 0.704. The van der Waals surface area contributed by atoms with Crippen LogP contribution in [0.25, 0.3) is 0 Å². The Labute approximate surface area is 220 Å². The van der Waals surface area contributed by atoms with Gasteiger partial charge in [0.05, 0.1) is 18.1 Å². The standard InChI is InChI=1S/C27H44F3NO5Si/c1-25(2,3)35-24(34)31-21(17-19-13-10-9-11-14-19)22(36-37(7,8)26(4,5)6)18-20(23(32)33)15-12-16-27(28,29)30/h9-11,13-14,20-22H,12,15-18H2,1-8H3,(H,31,34)(H,32,33)/t20-,21+,22+/m1/s1. The minimum absolute atomic E-state index is 0.0347. The van der Waals surface area contributed by atoms with Crippen molar-refractivity contribution in [1.29, 1.82) is 0 Å². The second-order valence-electron chi connectivity index (χ2n) is 12.1. The van der Waals surface area contributed by atoms with E-state index in [1.54, 1.807) is 20.8 Å². The van der Waals surface area contributed by atoms with Crippen LogP contribution in [0.3, 0.4) is 0 Å². The molecule has 0 aliphatic carbocycles. The van der Waals surface area contributed by atoms with Gasteiger partial charge in [0, 0.05) is 6.42 Å². The fourth-order valence-electron chi connectivity index (χ4n) is 3.62. The zero-order chi connectivity index (χ0) is 28.7. The molecule has 0 aliphatic heterocycles. The Morgan fingerprint density at radius 1 is 1.03 bits per heavy atom. The molecule has 6 nitrogen and oxygen atoms in total. The monoisotopic (exact) mass is 547 g/mol. The van der Waals surface area contributed by atoms with Gasteiger partial charge in [-0.05, 0) is 70.2 Å². The van der Waals surface area contributed by atoms with Crippen molar-refractivity contribution in [2.45, 2.75) is 116 Å². The number of ether oxygens (including phenoxy) is 1. The number of hydrogen-bond acceptors (Lipinski definition) is 4. The number of amides is 1. The Morgan fingerprint density at radius 2 is 1.59 bits per heavy atom. The number of carbonyl (C=O) groups excluding carboxylic acids is 1. The van der Waals surface area contributed by atoms with Crippen molar-refractivity contribution in [3.63, 3.8) is 0 Å². The Hall–Kier alpha value is -2.07. The molecule has 0 fully saturated rings. The van der Waals surface area contributed by atoms with Crippen LogP contribution in [-0.4, -0.2) is 49.4 Å². The third-order valence-corrected chi connectivity index (χ3v) is 11.1. The summed E-state index contributed by atoms with van der Waals surface area (Å²) >= 11 is 0. The first kappa shape index (κ1) is 33.0. The van der Waals surface area contributed by atoms with Crippen LogP contribution in [0.1, 0.15) is 72.8 Å². The molecule has 212 valence electrons. The van der Waals surface area contributed by atoms with E-state index in [0.717, 1.165) is 5.56 Å². The number of alkyl carbamates (subject to hydrolysis) is 1.